The van der Waals surface area contributed by atoms with Crippen molar-refractivity contribution in [1.82, 2.24) is 10.6 Å². The monoisotopic (exact) mass is 186 g/mol. The van der Waals surface area contributed by atoms with Crippen molar-refractivity contribution >= 4 is 5.91 Å². The first-order valence-corrected chi connectivity index (χ1v) is 5.14. The maximum atomic E-state index is 11.1. The molecule has 0 saturated heterocycles. The normalized spacial score (nSPS) is 10.5. The van der Waals surface area contributed by atoms with E-state index in [-0.39, 0.29) is 5.91 Å². The minimum Gasteiger partial charge on any atom is -0.355 e. The zero-order chi connectivity index (χ0) is 10.1. The Morgan fingerprint density at radius 3 is 2.62 bits per heavy atom. The van der Waals surface area contributed by atoms with Crippen molar-refractivity contribution in [3.8, 4) is 0 Å². The van der Waals surface area contributed by atoms with Crippen LogP contribution in [0.2, 0.25) is 0 Å². The number of carbonyl (C=O) groups is 1. The minimum absolute atomic E-state index is 0.102. The molecule has 0 aromatic carbocycles. The molecule has 3 heteroatoms. The fourth-order valence-corrected chi connectivity index (χ4v) is 0.884. The van der Waals surface area contributed by atoms with Crippen LogP contribution in [0.25, 0.3) is 0 Å². The predicted octanol–water partition coefficient (Wildman–Crippen LogP) is 1.15. The summed E-state index contributed by atoms with van der Waals surface area (Å²) in [5.74, 6) is 0.629. The van der Waals surface area contributed by atoms with Crippen molar-refractivity contribution in [1.29, 1.82) is 0 Å². The molecule has 0 aromatic heterocycles. The Morgan fingerprint density at radius 2 is 2.08 bits per heavy atom. The molecule has 0 aliphatic heterocycles. The van der Waals surface area contributed by atoms with Gasteiger partial charge in [-0.25, -0.2) is 0 Å². The third-order valence-corrected chi connectivity index (χ3v) is 1.70. The summed E-state index contributed by atoms with van der Waals surface area (Å²) in [4.78, 5) is 11.1. The number of hydrogen-bond acceptors (Lipinski definition) is 2. The first-order chi connectivity index (χ1) is 6.16. The molecule has 13 heavy (non-hydrogen) atoms. The summed E-state index contributed by atoms with van der Waals surface area (Å²) < 4.78 is 0. The van der Waals surface area contributed by atoms with E-state index in [1.807, 2.05) is 0 Å². The van der Waals surface area contributed by atoms with Crippen molar-refractivity contribution in [3.63, 3.8) is 0 Å². The first-order valence-electron chi connectivity index (χ1n) is 5.14. The van der Waals surface area contributed by atoms with Crippen molar-refractivity contribution in [2.24, 2.45) is 5.92 Å². The van der Waals surface area contributed by atoms with E-state index in [1.165, 1.54) is 6.42 Å². The zero-order valence-electron chi connectivity index (χ0n) is 9.02. The van der Waals surface area contributed by atoms with E-state index in [1.54, 1.807) is 0 Å². The Bertz CT molecular complexity index is 135. The van der Waals surface area contributed by atoms with Gasteiger partial charge < -0.3 is 10.6 Å². The molecule has 3 nitrogen and oxygen atoms in total. The van der Waals surface area contributed by atoms with E-state index < -0.39 is 0 Å². The van der Waals surface area contributed by atoms with Crippen molar-refractivity contribution in [2.75, 3.05) is 19.6 Å². The number of hydrogen-bond donors (Lipinski definition) is 2. The zero-order valence-corrected chi connectivity index (χ0v) is 9.02. The van der Waals surface area contributed by atoms with Crippen LogP contribution in [0.5, 0.6) is 0 Å². The molecule has 0 bridgehead atoms. The van der Waals surface area contributed by atoms with E-state index in [0.29, 0.717) is 12.5 Å². The van der Waals surface area contributed by atoms with E-state index in [9.17, 15) is 4.79 Å². The van der Waals surface area contributed by atoms with Crippen LogP contribution < -0.4 is 10.6 Å². The number of nitrogens with one attached hydrogen (secondary N) is 2. The van der Waals surface area contributed by atoms with E-state index in [0.717, 1.165) is 19.5 Å². The minimum atomic E-state index is 0.102. The van der Waals surface area contributed by atoms with E-state index >= 15 is 0 Å². The van der Waals surface area contributed by atoms with Crippen LogP contribution in [0.4, 0.5) is 0 Å². The second-order valence-electron chi connectivity index (χ2n) is 3.73. The molecule has 0 unspecified atom stereocenters. The number of amides is 1. The average Bonchev–Trinajstić information content (AvgIpc) is 2.09. The SMILES string of the molecule is CCCCNCC(=O)NCC(C)C. The van der Waals surface area contributed by atoms with Gasteiger partial charge in [-0.3, -0.25) is 4.79 Å². The molecule has 0 saturated carbocycles. The summed E-state index contributed by atoms with van der Waals surface area (Å²) in [7, 11) is 0. The highest BCUT2D eigenvalue weighted by atomic mass is 16.1. The lowest BCUT2D eigenvalue weighted by Crippen LogP contribution is -2.36. The van der Waals surface area contributed by atoms with Crippen LogP contribution >= 0.6 is 0 Å². The second kappa shape index (κ2) is 8.05. The molecule has 78 valence electrons. The number of rotatable bonds is 7. The molecule has 0 aromatic rings. The molecule has 0 rings (SSSR count). The van der Waals surface area contributed by atoms with Crippen LogP contribution in [0.1, 0.15) is 33.6 Å². The van der Waals surface area contributed by atoms with E-state index in [4.69, 9.17) is 0 Å². The Kier molecular flexibility index (Phi) is 7.69. The summed E-state index contributed by atoms with van der Waals surface area (Å²) in [5, 5.41) is 5.96. The Labute approximate surface area is 81.3 Å². The third kappa shape index (κ3) is 9.34. The molecule has 0 spiro atoms. The lowest BCUT2D eigenvalue weighted by molar-refractivity contribution is -0.120. The first kappa shape index (κ1) is 12.4. The van der Waals surface area contributed by atoms with E-state index in [2.05, 4.69) is 31.4 Å². The third-order valence-electron chi connectivity index (χ3n) is 1.70. The molecule has 0 fully saturated rings. The molecule has 0 aliphatic carbocycles. The van der Waals surface area contributed by atoms with Crippen molar-refractivity contribution in [3.05, 3.63) is 0 Å². The summed E-state index contributed by atoms with van der Waals surface area (Å²) in [5.41, 5.74) is 0. The summed E-state index contributed by atoms with van der Waals surface area (Å²) >= 11 is 0. The summed E-state index contributed by atoms with van der Waals surface area (Å²) in [6.07, 6.45) is 2.30. The van der Waals surface area contributed by atoms with Gasteiger partial charge in [-0.2, -0.15) is 0 Å². The molecule has 2 N–H and O–H groups in total. The standard InChI is InChI=1S/C10H22N2O/c1-4-5-6-11-8-10(13)12-7-9(2)3/h9,11H,4-8H2,1-3H3,(H,12,13). The Balaban J connectivity index is 3.20. The molecule has 0 aliphatic rings. The molecule has 0 atom stereocenters. The molecule has 0 heterocycles. The van der Waals surface area contributed by atoms with Gasteiger partial charge in [0.2, 0.25) is 5.91 Å². The number of unbranched alkanes of at least 4 members (excludes halogenated alkanes) is 1. The summed E-state index contributed by atoms with van der Waals surface area (Å²) in [6.45, 7) is 8.47. The molecule has 1 amide bonds. The Morgan fingerprint density at radius 1 is 1.38 bits per heavy atom. The number of carbonyl (C=O) groups excluding carboxylic acids is 1. The maximum absolute atomic E-state index is 11.1. The van der Waals surface area contributed by atoms with Crippen molar-refractivity contribution < 1.29 is 4.79 Å². The fraction of sp³-hybridized carbons (Fsp3) is 0.900. The Hall–Kier alpha value is -0.570. The highest BCUT2D eigenvalue weighted by Gasteiger charge is 2.00. The topological polar surface area (TPSA) is 41.1 Å². The van der Waals surface area contributed by atoms with Crippen LogP contribution in [0.3, 0.4) is 0 Å². The van der Waals surface area contributed by atoms with Crippen molar-refractivity contribution in [2.45, 2.75) is 33.6 Å². The van der Waals surface area contributed by atoms with Crippen LogP contribution in [-0.2, 0) is 4.79 Å². The van der Waals surface area contributed by atoms with Gasteiger partial charge in [-0.15, -0.1) is 0 Å². The van der Waals surface area contributed by atoms with Crippen LogP contribution in [0, 0.1) is 5.92 Å². The van der Waals surface area contributed by atoms with Gasteiger partial charge in [-0.05, 0) is 18.9 Å². The molecular formula is C10H22N2O. The average molecular weight is 186 g/mol. The molecule has 0 radical (unpaired) electrons. The quantitative estimate of drug-likeness (QED) is 0.586. The second-order valence-corrected chi connectivity index (χ2v) is 3.73. The van der Waals surface area contributed by atoms with Gasteiger partial charge in [0, 0.05) is 6.54 Å². The van der Waals surface area contributed by atoms with Gasteiger partial charge in [-0.1, -0.05) is 27.2 Å². The van der Waals surface area contributed by atoms with Crippen LogP contribution in [0.15, 0.2) is 0 Å². The van der Waals surface area contributed by atoms with Gasteiger partial charge in [0.15, 0.2) is 0 Å². The smallest absolute Gasteiger partial charge is 0.233 e. The van der Waals surface area contributed by atoms with Gasteiger partial charge in [0.25, 0.3) is 0 Å². The molecular weight excluding hydrogens is 164 g/mol. The van der Waals surface area contributed by atoms with Gasteiger partial charge in [0.1, 0.15) is 0 Å². The largest absolute Gasteiger partial charge is 0.355 e. The highest BCUT2D eigenvalue weighted by Crippen LogP contribution is 1.86. The van der Waals surface area contributed by atoms with Gasteiger partial charge in [0.05, 0.1) is 6.54 Å². The highest BCUT2D eigenvalue weighted by molar-refractivity contribution is 5.77. The lowest BCUT2D eigenvalue weighted by atomic mass is 10.2. The summed E-state index contributed by atoms with van der Waals surface area (Å²) in [6, 6.07) is 0. The fourth-order valence-electron chi connectivity index (χ4n) is 0.884. The maximum Gasteiger partial charge on any atom is 0.233 e. The van der Waals surface area contributed by atoms with Crippen LogP contribution in [-0.4, -0.2) is 25.5 Å². The lowest BCUT2D eigenvalue weighted by Gasteiger charge is -2.07. The predicted molar refractivity (Wildman–Crippen MR) is 55.6 cm³/mol. The van der Waals surface area contributed by atoms with Gasteiger partial charge >= 0.3 is 0 Å².